The molecule has 2 fully saturated rings. The highest BCUT2D eigenvalue weighted by atomic mass is 32.2. The summed E-state index contributed by atoms with van der Waals surface area (Å²) in [5, 5.41) is 0. The van der Waals surface area contributed by atoms with Gasteiger partial charge in [0.15, 0.2) is 0 Å². The van der Waals surface area contributed by atoms with Gasteiger partial charge in [0.1, 0.15) is 5.60 Å². The van der Waals surface area contributed by atoms with Crippen LogP contribution in [0.2, 0.25) is 0 Å². The molecule has 1 saturated heterocycles. The molecule has 0 N–H and O–H groups in total. The van der Waals surface area contributed by atoms with Gasteiger partial charge in [0, 0.05) is 13.1 Å². The van der Waals surface area contributed by atoms with Crippen LogP contribution in [0.5, 0.6) is 0 Å². The van der Waals surface area contributed by atoms with Crippen molar-refractivity contribution in [1.82, 2.24) is 4.90 Å². The first-order valence-corrected chi connectivity index (χ1v) is 9.17. The third kappa shape index (κ3) is 4.85. The Hall–Kier alpha value is -0.820. The van der Waals surface area contributed by atoms with Gasteiger partial charge < -0.3 is 9.64 Å². The molecule has 0 bridgehead atoms. The molecule has 1 saturated carbocycles. The van der Waals surface area contributed by atoms with Gasteiger partial charge in [-0.2, -0.15) is 8.42 Å². The average molecular weight is 319 g/mol. The van der Waals surface area contributed by atoms with Crippen molar-refractivity contribution in [1.29, 1.82) is 0 Å². The van der Waals surface area contributed by atoms with Crippen LogP contribution in [0.1, 0.15) is 33.6 Å². The van der Waals surface area contributed by atoms with Gasteiger partial charge in [-0.25, -0.2) is 4.79 Å². The zero-order chi connectivity index (χ0) is 15.8. The number of ether oxygens (including phenoxy) is 1. The summed E-state index contributed by atoms with van der Waals surface area (Å²) in [4.78, 5) is 13.8. The maximum Gasteiger partial charge on any atom is 0.410 e. The van der Waals surface area contributed by atoms with Crippen molar-refractivity contribution in [2.75, 3.05) is 26.0 Å². The zero-order valence-electron chi connectivity index (χ0n) is 13.2. The molecule has 6 nitrogen and oxygen atoms in total. The van der Waals surface area contributed by atoms with Gasteiger partial charge >= 0.3 is 6.09 Å². The normalized spacial score (nSPS) is 29.5. The Morgan fingerprint density at radius 2 is 1.71 bits per heavy atom. The highest BCUT2D eigenvalue weighted by Gasteiger charge is 2.43. The predicted octanol–water partition coefficient (Wildman–Crippen LogP) is 1.86. The van der Waals surface area contributed by atoms with Crippen molar-refractivity contribution < 1.29 is 22.1 Å². The van der Waals surface area contributed by atoms with E-state index in [0.29, 0.717) is 24.9 Å². The van der Waals surface area contributed by atoms with Gasteiger partial charge in [0.05, 0.1) is 12.9 Å². The molecule has 0 aromatic rings. The Bertz CT molecular complexity index is 482. The van der Waals surface area contributed by atoms with Crippen LogP contribution in [0.15, 0.2) is 0 Å². The highest BCUT2D eigenvalue weighted by molar-refractivity contribution is 7.85. The highest BCUT2D eigenvalue weighted by Crippen LogP contribution is 2.42. The number of likely N-dealkylation sites (tertiary alicyclic amines) is 1. The lowest BCUT2D eigenvalue weighted by Gasteiger charge is -2.25. The van der Waals surface area contributed by atoms with Crippen molar-refractivity contribution in [3.05, 3.63) is 0 Å². The molecule has 0 aromatic heterocycles. The van der Waals surface area contributed by atoms with Crippen LogP contribution in [-0.4, -0.2) is 51.0 Å². The summed E-state index contributed by atoms with van der Waals surface area (Å²) in [5.74, 6) is 1.15. The minimum Gasteiger partial charge on any atom is -0.444 e. The molecule has 2 aliphatic rings. The summed E-state index contributed by atoms with van der Waals surface area (Å²) >= 11 is 0. The molecule has 1 heterocycles. The number of rotatable bonds is 3. The second kappa shape index (κ2) is 5.76. The zero-order valence-corrected chi connectivity index (χ0v) is 14.0. The van der Waals surface area contributed by atoms with E-state index < -0.39 is 15.7 Å². The summed E-state index contributed by atoms with van der Waals surface area (Å²) in [7, 11) is -3.36. The SMILES string of the molecule is CC(C)(C)OC(=O)N1C[C@H]2CC(COS(C)(=O)=O)C[C@H]2C1. The number of nitrogens with zero attached hydrogens (tertiary/aromatic N) is 1. The summed E-state index contributed by atoms with van der Waals surface area (Å²) in [6.07, 6.45) is 2.66. The summed E-state index contributed by atoms with van der Waals surface area (Å²) in [5.41, 5.74) is -0.472. The molecule has 7 heteroatoms. The first kappa shape index (κ1) is 16.5. The van der Waals surface area contributed by atoms with Crippen molar-refractivity contribution >= 4 is 16.2 Å². The lowest BCUT2D eigenvalue weighted by Crippen LogP contribution is -2.36. The molecule has 0 radical (unpaired) electrons. The van der Waals surface area contributed by atoms with Crippen LogP contribution in [0.3, 0.4) is 0 Å². The number of hydrogen-bond acceptors (Lipinski definition) is 5. The molecule has 3 atom stereocenters. The summed E-state index contributed by atoms with van der Waals surface area (Å²) in [6.45, 7) is 7.25. The van der Waals surface area contributed by atoms with Crippen LogP contribution in [0.4, 0.5) is 4.79 Å². The van der Waals surface area contributed by atoms with E-state index in [9.17, 15) is 13.2 Å². The quantitative estimate of drug-likeness (QED) is 0.742. The van der Waals surface area contributed by atoms with Gasteiger partial charge in [-0.15, -0.1) is 0 Å². The van der Waals surface area contributed by atoms with E-state index in [1.54, 1.807) is 4.90 Å². The van der Waals surface area contributed by atoms with Gasteiger partial charge in [0.2, 0.25) is 0 Å². The van der Waals surface area contributed by atoms with E-state index in [1.807, 2.05) is 20.8 Å². The Balaban J connectivity index is 1.80. The Morgan fingerprint density at radius 1 is 1.19 bits per heavy atom. The monoisotopic (exact) mass is 319 g/mol. The number of carbonyl (C=O) groups excluding carboxylic acids is 1. The minimum absolute atomic E-state index is 0.249. The smallest absolute Gasteiger partial charge is 0.410 e. The van der Waals surface area contributed by atoms with E-state index in [0.717, 1.165) is 19.1 Å². The molecule has 21 heavy (non-hydrogen) atoms. The average Bonchev–Trinajstić information content (AvgIpc) is 2.79. The largest absolute Gasteiger partial charge is 0.444 e. The van der Waals surface area contributed by atoms with E-state index in [2.05, 4.69) is 0 Å². The van der Waals surface area contributed by atoms with E-state index in [-0.39, 0.29) is 18.6 Å². The number of fused-ring (bicyclic) bond motifs is 1. The molecule has 1 aliphatic carbocycles. The number of amides is 1. The topological polar surface area (TPSA) is 72.9 Å². The van der Waals surface area contributed by atoms with E-state index in [4.69, 9.17) is 8.92 Å². The molecule has 0 spiro atoms. The number of hydrogen-bond donors (Lipinski definition) is 0. The van der Waals surface area contributed by atoms with Crippen molar-refractivity contribution in [3.63, 3.8) is 0 Å². The van der Waals surface area contributed by atoms with Gasteiger partial charge in [-0.3, -0.25) is 4.18 Å². The van der Waals surface area contributed by atoms with Crippen LogP contribution in [0, 0.1) is 17.8 Å². The van der Waals surface area contributed by atoms with Gasteiger partial charge in [0.25, 0.3) is 10.1 Å². The Labute approximate surface area is 126 Å². The fourth-order valence-corrected chi connectivity index (χ4v) is 3.70. The third-order valence-corrected chi connectivity index (χ3v) is 4.58. The molecule has 1 aliphatic heterocycles. The van der Waals surface area contributed by atoms with Gasteiger partial charge in [-0.1, -0.05) is 0 Å². The molecule has 2 rings (SSSR count). The standard InChI is InChI=1S/C14H25NO5S/c1-14(2,3)20-13(16)15-7-11-5-10(6-12(11)8-15)9-19-21(4,17)18/h10-12H,5-9H2,1-4H3/t10?,11-,12+. The fraction of sp³-hybridized carbons (Fsp3) is 0.929. The minimum atomic E-state index is -3.36. The second-order valence-electron chi connectivity index (χ2n) is 7.23. The fourth-order valence-electron chi connectivity index (χ4n) is 3.26. The summed E-state index contributed by atoms with van der Waals surface area (Å²) < 4.78 is 32.3. The molecular formula is C14H25NO5S. The molecule has 0 aromatic carbocycles. The van der Waals surface area contributed by atoms with Crippen LogP contribution >= 0.6 is 0 Å². The Kier molecular flexibility index (Phi) is 4.54. The molecular weight excluding hydrogens is 294 g/mol. The first-order chi connectivity index (χ1) is 9.53. The molecule has 122 valence electrons. The van der Waals surface area contributed by atoms with Crippen molar-refractivity contribution in [3.8, 4) is 0 Å². The van der Waals surface area contributed by atoms with Gasteiger partial charge in [-0.05, 0) is 51.4 Å². The molecule has 1 amide bonds. The second-order valence-corrected chi connectivity index (χ2v) is 8.88. The third-order valence-electron chi connectivity index (χ3n) is 4.02. The van der Waals surface area contributed by atoms with E-state index >= 15 is 0 Å². The van der Waals surface area contributed by atoms with E-state index in [1.165, 1.54) is 0 Å². The van der Waals surface area contributed by atoms with Crippen molar-refractivity contribution in [2.24, 2.45) is 17.8 Å². The van der Waals surface area contributed by atoms with Crippen LogP contribution < -0.4 is 0 Å². The Morgan fingerprint density at radius 3 is 2.14 bits per heavy atom. The molecule has 1 unspecified atom stereocenters. The first-order valence-electron chi connectivity index (χ1n) is 7.36. The maximum atomic E-state index is 12.0. The van der Waals surface area contributed by atoms with Crippen LogP contribution in [-0.2, 0) is 19.0 Å². The predicted molar refractivity (Wildman–Crippen MR) is 78.3 cm³/mol. The summed E-state index contributed by atoms with van der Waals surface area (Å²) in [6, 6.07) is 0. The lowest BCUT2D eigenvalue weighted by atomic mass is 10.0. The lowest BCUT2D eigenvalue weighted by molar-refractivity contribution is 0.0276. The maximum absolute atomic E-state index is 12.0. The van der Waals surface area contributed by atoms with Crippen LogP contribution in [0.25, 0.3) is 0 Å². The number of carbonyl (C=O) groups is 1. The van der Waals surface area contributed by atoms with Crippen molar-refractivity contribution in [2.45, 2.75) is 39.2 Å².